The molecule has 1 aliphatic heterocycles. The summed E-state index contributed by atoms with van der Waals surface area (Å²) in [5, 5.41) is 8.32. The molecule has 0 unspecified atom stereocenters. The van der Waals surface area contributed by atoms with Crippen molar-refractivity contribution in [2.24, 2.45) is 7.05 Å². The molecular weight excluding hydrogens is 286 g/mol. The lowest BCUT2D eigenvalue weighted by Crippen LogP contribution is -2.29. The first-order valence-corrected chi connectivity index (χ1v) is 8.65. The monoisotopic (exact) mass is 305 g/mol. The minimum atomic E-state index is -2.85. The fraction of sp³-hybridized carbons (Fsp3) is 0.750. The number of nitrogens with one attached hydrogen (secondary N) is 1. The molecule has 1 atom stereocenters. The van der Waals surface area contributed by atoms with E-state index in [1.807, 2.05) is 7.05 Å². The minimum Gasteiger partial charge on any atom is -0.309 e. The third-order valence-corrected chi connectivity index (χ3v) is 5.69. The van der Waals surface area contributed by atoms with Gasteiger partial charge in [-0.1, -0.05) is 25.4 Å². The summed E-state index contributed by atoms with van der Waals surface area (Å²) in [7, 11) is -1.03. The summed E-state index contributed by atoms with van der Waals surface area (Å²) in [5.74, 6) is 0.799. The molecule has 2 rings (SSSR count). The van der Waals surface area contributed by atoms with Gasteiger partial charge in [-0.05, 0) is 12.3 Å². The predicted molar refractivity (Wildman–Crippen MR) is 76.2 cm³/mol. The summed E-state index contributed by atoms with van der Waals surface area (Å²) >= 11 is 6.24. The van der Waals surface area contributed by atoms with Gasteiger partial charge in [0.05, 0.1) is 17.2 Å². The first-order valence-electron chi connectivity index (χ1n) is 6.45. The third-order valence-electron chi connectivity index (χ3n) is 3.45. The fourth-order valence-electron chi connectivity index (χ4n) is 2.40. The van der Waals surface area contributed by atoms with E-state index in [9.17, 15) is 8.42 Å². The maximum Gasteiger partial charge on any atom is 0.151 e. The molecule has 19 heavy (non-hydrogen) atoms. The first kappa shape index (κ1) is 14.8. The van der Waals surface area contributed by atoms with Crippen molar-refractivity contribution >= 4 is 21.4 Å². The lowest BCUT2D eigenvalue weighted by atomic mass is 10.1. The lowest BCUT2D eigenvalue weighted by Gasteiger charge is -2.12. The lowest BCUT2D eigenvalue weighted by molar-refractivity contribution is 0.551. The Kier molecular flexibility index (Phi) is 4.23. The van der Waals surface area contributed by atoms with E-state index in [-0.39, 0.29) is 17.5 Å². The van der Waals surface area contributed by atoms with Crippen LogP contribution < -0.4 is 5.32 Å². The molecule has 5 nitrogen and oxygen atoms in total. The molecular formula is C12H20ClN3O2S. The molecule has 1 saturated heterocycles. The van der Waals surface area contributed by atoms with Gasteiger partial charge in [-0.2, -0.15) is 5.10 Å². The normalized spacial score (nSPS) is 22.3. The number of hydrogen-bond donors (Lipinski definition) is 1. The van der Waals surface area contributed by atoms with Crippen LogP contribution in [-0.4, -0.2) is 35.7 Å². The molecule has 2 heterocycles. The molecule has 1 aromatic rings. The maximum absolute atomic E-state index is 11.4. The average molecular weight is 306 g/mol. The number of halogens is 1. The SMILES string of the molecule is CC(C)c1nn(C)c(Cl)c1CN[C@H]1CCS(=O)(=O)C1. The Labute approximate surface area is 119 Å². The molecule has 0 saturated carbocycles. The molecule has 0 spiro atoms. The van der Waals surface area contributed by atoms with Crippen LogP contribution in [0.4, 0.5) is 0 Å². The van der Waals surface area contributed by atoms with Crippen molar-refractivity contribution in [2.45, 2.75) is 38.8 Å². The third kappa shape index (κ3) is 3.30. The topological polar surface area (TPSA) is 64.0 Å². The summed E-state index contributed by atoms with van der Waals surface area (Å²) < 4.78 is 24.5. The van der Waals surface area contributed by atoms with Gasteiger partial charge in [-0.15, -0.1) is 0 Å². The fourth-order valence-corrected chi connectivity index (χ4v) is 4.31. The van der Waals surface area contributed by atoms with E-state index in [0.717, 1.165) is 11.3 Å². The van der Waals surface area contributed by atoms with E-state index in [1.165, 1.54) is 0 Å². The Morgan fingerprint density at radius 3 is 2.74 bits per heavy atom. The van der Waals surface area contributed by atoms with Gasteiger partial charge < -0.3 is 5.32 Å². The van der Waals surface area contributed by atoms with Crippen LogP contribution in [0.25, 0.3) is 0 Å². The number of hydrogen-bond acceptors (Lipinski definition) is 4. The van der Waals surface area contributed by atoms with Crippen LogP contribution in [0.1, 0.15) is 37.4 Å². The summed E-state index contributed by atoms with van der Waals surface area (Å²) in [6, 6.07) is 0.0290. The van der Waals surface area contributed by atoms with Crippen molar-refractivity contribution in [3.05, 3.63) is 16.4 Å². The van der Waals surface area contributed by atoms with Crippen LogP contribution in [0, 0.1) is 0 Å². The van der Waals surface area contributed by atoms with Crippen LogP contribution in [0.3, 0.4) is 0 Å². The van der Waals surface area contributed by atoms with E-state index < -0.39 is 9.84 Å². The predicted octanol–water partition coefficient (Wildman–Crippen LogP) is 1.47. The van der Waals surface area contributed by atoms with Crippen LogP contribution >= 0.6 is 11.6 Å². The second kappa shape index (κ2) is 5.42. The Morgan fingerprint density at radius 2 is 2.21 bits per heavy atom. The average Bonchev–Trinajstić information content (AvgIpc) is 2.79. The Balaban J connectivity index is 2.08. The summed E-state index contributed by atoms with van der Waals surface area (Å²) in [6.07, 6.45) is 0.678. The van der Waals surface area contributed by atoms with Crippen molar-refractivity contribution < 1.29 is 8.42 Å². The smallest absolute Gasteiger partial charge is 0.151 e. The standard InChI is InChI=1S/C12H20ClN3O2S/c1-8(2)11-10(12(13)16(3)15-11)6-14-9-4-5-19(17,18)7-9/h8-9,14H,4-7H2,1-3H3/t9-/m0/s1. The highest BCUT2D eigenvalue weighted by Gasteiger charge is 2.28. The van der Waals surface area contributed by atoms with Crippen LogP contribution in [-0.2, 0) is 23.4 Å². The maximum atomic E-state index is 11.4. The molecule has 7 heteroatoms. The Hall–Kier alpha value is -0.590. The summed E-state index contributed by atoms with van der Waals surface area (Å²) in [4.78, 5) is 0. The van der Waals surface area contributed by atoms with Crippen molar-refractivity contribution in [3.63, 3.8) is 0 Å². The van der Waals surface area contributed by atoms with Gasteiger partial charge in [0.15, 0.2) is 9.84 Å². The number of aryl methyl sites for hydroxylation is 1. The highest BCUT2D eigenvalue weighted by atomic mass is 35.5. The zero-order valence-electron chi connectivity index (χ0n) is 11.5. The highest BCUT2D eigenvalue weighted by molar-refractivity contribution is 7.91. The van der Waals surface area contributed by atoms with E-state index in [1.54, 1.807) is 4.68 Å². The number of aromatic nitrogens is 2. The van der Waals surface area contributed by atoms with E-state index >= 15 is 0 Å². The van der Waals surface area contributed by atoms with E-state index in [0.29, 0.717) is 24.0 Å². The van der Waals surface area contributed by atoms with Crippen molar-refractivity contribution in [1.82, 2.24) is 15.1 Å². The molecule has 1 fully saturated rings. The molecule has 1 aromatic heterocycles. The minimum absolute atomic E-state index is 0.0290. The van der Waals surface area contributed by atoms with E-state index in [4.69, 9.17) is 11.6 Å². The number of rotatable bonds is 4. The Bertz CT molecular complexity index is 566. The molecule has 0 bridgehead atoms. The van der Waals surface area contributed by atoms with Crippen LogP contribution in [0.15, 0.2) is 0 Å². The highest BCUT2D eigenvalue weighted by Crippen LogP contribution is 2.25. The van der Waals surface area contributed by atoms with E-state index in [2.05, 4.69) is 24.3 Å². The van der Waals surface area contributed by atoms with Gasteiger partial charge in [-0.3, -0.25) is 4.68 Å². The second-order valence-electron chi connectivity index (χ2n) is 5.41. The number of sulfone groups is 1. The van der Waals surface area contributed by atoms with Gasteiger partial charge in [0.25, 0.3) is 0 Å². The van der Waals surface area contributed by atoms with Gasteiger partial charge in [-0.25, -0.2) is 8.42 Å². The molecule has 0 aromatic carbocycles. The summed E-state index contributed by atoms with van der Waals surface area (Å²) in [5.41, 5.74) is 1.95. The largest absolute Gasteiger partial charge is 0.309 e. The van der Waals surface area contributed by atoms with Crippen molar-refractivity contribution in [1.29, 1.82) is 0 Å². The molecule has 0 radical (unpaired) electrons. The zero-order chi connectivity index (χ0) is 14.2. The molecule has 1 N–H and O–H groups in total. The number of nitrogens with zero attached hydrogens (tertiary/aromatic N) is 2. The second-order valence-corrected chi connectivity index (χ2v) is 8.00. The molecule has 1 aliphatic rings. The molecule has 0 aliphatic carbocycles. The van der Waals surface area contributed by atoms with Gasteiger partial charge in [0.2, 0.25) is 0 Å². The zero-order valence-corrected chi connectivity index (χ0v) is 13.1. The van der Waals surface area contributed by atoms with Gasteiger partial charge >= 0.3 is 0 Å². The first-order chi connectivity index (χ1) is 8.80. The van der Waals surface area contributed by atoms with Crippen LogP contribution in [0.5, 0.6) is 0 Å². The molecule has 0 amide bonds. The van der Waals surface area contributed by atoms with Crippen molar-refractivity contribution in [3.8, 4) is 0 Å². The van der Waals surface area contributed by atoms with Crippen molar-refractivity contribution in [2.75, 3.05) is 11.5 Å². The van der Waals surface area contributed by atoms with Gasteiger partial charge in [0.1, 0.15) is 5.15 Å². The summed E-state index contributed by atoms with van der Waals surface area (Å²) in [6.45, 7) is 4.71. The molecule has 108 valence electrons. The van der Waals surface area contributed by atoms with Gasteiger partial charge in [0, 0.05) is 25.2 Å². The quantitative estimate of drug-likeness (QED) is 0.915. The Morgan fingerprint density at radius 1 is 1.53 bits per heavy atom. The van der Waals surface area contributed by atoms with Crippen LogP contribution in [0.2, 0.25) is 5.15 Å².